The van der Waals surface area contributed by atoms with Crippen LogP contribution in [0.4, 0.5) is 5.69 Å². The number of phenolic OH excluding ortho intramolecular Hbond substituents is 1. The summed E-state index contributed by atoms with van der Waals surface area (Å²) < 4.78 is 7.64. The van der Waals surface area contributed by atoms with Gasteiger partial charge in [0.1, 0.15) is 11.3 Å². The Kier molecular flexibility index (Phi) is 5.01. The number of nitrogens with zero attached hydrogens (tertiary/aromatic N) is 2. The Morgan fingerprint density at radius 3 is 2.81 bits per heavy atom. The first-order valence-corrected chi connectivity index (χ1v) is 10.1. The number of aromatic hydroxyl groups is 1. The highest BCUT2D eigenvalue weighted by molar-refractivity contribution is 14.1. The number of oxazole rings is 1. The van der Waals surface area contributed by atoms with Crippen molar-refractivity contribution in [3.63, 3.8) is 0 Å². The predicted molar refractivity (Wildman–Crippen MR) is 120 cm³/mol. The average Bonchev–Trinajstić information content (AvgIpc) is 3.07. The van der Waals surface area contributed by atoms with Gasteiger partial charge in [-0.2, -0.15) is 0 Å². The van der Waals surface area contributed by atoms with Gasteiger partial charge in [-0.25, -0.2) is 4.98 Å². The third-order valence-corrected chi connectivity index (χ3v) is 5.31. The molecule has 0 aliphatic carbocycles. The highest BCUT2D eigenvalue weighted by Gasteiger charge is 2.09. The Labute approximate surface area is 178 Å². The average molecular weight is 533 g/mol. The number of halogens is 2. The summed E-state index contributed by atoms with van der Waals surface area (Å²) in [4.78, 5) is 9.06. The molecule has 0 radical (unpaired) electrons. The Morgan fingerprint density at radius 2 is 2.00 bits per heavy atom. The Morgan fingerprint density at radius 1 is 1.15 bits per heavy atom. The topological polar surface area (TPSA) is 58.6 Å². The minimum atomic E-state index is 0.174. The lowest BCUT2D eigenvalue weighted by molar-refractivity contribution is 0.471. The second-order valence-corrected chi connectivity index (χ2v) is 8.22. The molecule has 0 spiro atoms. The van der Waals surface area contributed by atoms with Crippen molar-refractivity contribution in [2.24, 2.45) is 4.99 Å². The van der Waals surface area contributed by atoms with Crippen molar-refractivity contribution >= 4 is 61.5 Å². The molecule has 6 heteroatoms. The second-order valence-electron chi connectivity index (χ2n) is 6.12. The zero-order valence-electron chi connectivity index (χ0n) is 14.3. The number of hydrogen-bond acceptors (Lipinski definition) is 4. The van der Waals surface area contributed by atoms with E-state index in [1.54, 1.807) is 6.21 Å². The molecular formula is C21H14BrIN2O2. The molecule has 0 amide bonds. The lowest BCUT2D eigenvalue weighted by atomic mass is 10.1. The van der Waals surface area contributed by atoms with Gasteiger partial charge in [0.2, 0.25) is 5.89 Å². The van der Waals surface area contributed by atoms with Crippen molar-refractivity contribution in [2.45, 2.75) is 6.92 Å². The minimum absolute atomic E-state index is 0.174. The van der Waals surface area contributed by atoms with Gasteiger partial charge in [-0.15, -0.1) is 0 Å². The molecule has 0 unspecified atom stereocenters. The van der Waals surface area contributed by atoms with Gasteiger partial charge >= 0.3 is 0 Å². The number of fused-ring (bicyclic) bond motifs is 1. The standard InChI is InChI=1S/C21H14BrIN2O2/c1-12-7-14(20(26)17(22)8-12)11-24-16-5-6-19-18(10-16)25-21(27-19)13-3-2-4-15(23)9-13/h2-11,26H,1H3. The van der Waals surface area contributed by atoms with Gasteiger partial charge in [0, 0.05) is 20.9 Å². The third kappa shape index (κ3) is 3.91. The highest BCUT2D eigenvalue weighted by Crippen LogP contribution is 2.30. The van der Waals surface area contributed by atoms with E-state index in [1.807, 2.05) is 61.5 Å². The lowest BCUT2D eigenvalue weighted by Gasteiger charge is -2.03. The fourth-order valence-electron chi connectivity index (χ4n) is 2.75. The molecule has 1 heterocycles. The summed E-state index contributed by atoms with van der Waals surface area (Å²) in [5, 5.41) is 10.2. The lowest BCUT2D eigenvalue weighted by Crippen LogP contribution is -1.86. The molecule has 0 atom stereocenters. The largest absolute Gasteiger partial charge is 0.506 e. The first-order chi connectivity index (χ1) is 13.0. The van der Waals surface area contributed by atoms with Gasteiger partial charge in [0.05, 0.1) is 10.2 Å². The van der Waals surface area contributed by atoms with Crippen LogP contribution < -0.4 is 0 Å². The molecular weight excluding hydrogens is 519 g/mol. The molecule has 0 fully saturated rings. The maximum atomic E-state index is 10.2. The molecule has 0 saturated carbocycles. The summed E-state index contributed by atoms with van der Waals surface area (Å²) in [7, 11) is 0. The van der Waals surface area contributed by atoms with Crippen molar-refractivity contribution in [1.82, 2.24) is 4.98 Å². The van der Waals surface area contributed by atoms with Crippen LogP contribution in [-0.4, -0.2) is 16.3 Å². The van der Waals surface area contributed by atoms with E-state index in [2.05, 4.69) is 48.5 Å². The van der Waals surface area contributed by atoms with Gasteiger partial charge in [-0.1, -0.05) is 6.07 Å². The Balaban J connectivity index is 1.68. The van der Waals surface area contributed by atoms with Gasteiger partial charge in [-0.3, -0.25) is 4.99 Å². The molecule has 0 saturated heterocycles. The van der Waals surface area contributed by atoms with Gasteiger partial charge in [0.25, 0.3) is 0 Å². The van der Waals surface area contributed by atoms with Crippen LogP contribution in [0.15, 0.2) is 68.5 Å². The van der Waals surface area contributed by atoms with Gasteiger partial charge < -0.3 is 9.52 Å². The van der Waals surface area contributed by atoms with Crippen LogP contribution in [0.1, 0.15) is 11.1 Å². The number of benzene rings is 3. The summed E-state index contributed by atoms with van der Waals surface area (Å²) >= 11 is 5.62. The number of hydrogen-bond donors (Lipinski definition) is 1. The van der Waals surface area contributed by atoms with Crippen molar-refractivity contribution < 1.29 is 9.52 Å². The smallest absolute Gasteiger partial charge is 0.227 e. The van der Waals surface area contributed by atoms with Crippen molar-refractivity contribution in [1.29, 1.82) is 0 Å². The zero-order valence-corrected chi connectivity index (χ0v) is 18.0. The van der Waals surface area contributed by atoms with Crippen LogP contribution in [0.2, 0.25) is 0 Å². The first kappa shape index (κ1) is 18.2. The maximum absolute atomic E-state index is 10.2. The summed E-state index contributed by atoms with van der Waals surface area (Å²) in [5.41, 5.74) is 4.83. The van der Waals surface area contributed by atoms with Crippen molar-refractivity contribution in [3.8, 4) is 17.2 Å². The Bertz CT molecular complexity index is 1180. The predicted octanol–water partition coefficient (Wildman–Crippen LogP) is 6.63. The molecule has 4 rings (SSSR count). The van der Waals surface area contributed by atoms with Crippen LogP contribution >= 0.6 is 38.5 Å². The van der Waals surface area contributed by atoms with Crippen LogP contribution in [0.25, 0.3) is 22.6 Å². The van der Waals surface area contributed by atoms with E-state index in [0.717, 1.165) is 25.9 Å². The Hall–Kier alpha value is -2.19. The second kappa shape index (κ2) is 7.44. The van der Waals surface area contributed by atoms with E-state index in [4.69, 9.17) is 4.42 Å². The zero-order chi connectivity index (χ0) is 19.0. The van der Waals surface area contributed by atoms with E-state index in [9.17, 15) is 5.11 Å². The maximum Gasteiger partial charge on any atom is 0.227 e. The normalized spacial score (nSPS) is 11.5. The van der Waals surface area contributed by atoms with E-state index in [-0.39, 0.29) is 5.75 Å². The fraction of sp³-hybridized carbons (Fsp3) is 0.0476. The SMILES string of the molecule is Cc1cc(Br)c(O)c(C=Nc2ccc3oc(-c4cccc(I)c4)nc3c2)c1. The summed E-state index contributed by atoms with van der Waals surface area (Å²) in [5.74, 6) is 0.762. The number of aliphatic imine (C=N–C) groups is 1. The van der Waals surface area contributed by atoms with Gasteiger partial charge in [-0.05, 0) is 99.5 Å². The van der Waals surface area contributed by atoms with E-state index in [1.165, 1.54) is 0 Å². The first-order valence-electron chi connectivity index (χ1n) is 8.19. The molecule has 27 heavy (non-hydrogen) atoms. The number of aryl methyl sites for hydroxylation is 1. The van der Waals surface area contributed by atoms with Crippen LogP contribution in [0, 0.1) is 10.5 Å². The number of phenols is 1. The van der Waals surface area contributed by atoms with Gasteiger partial charge in [0.15, 0.2) is 5.58 Å². The molecule has 4 nitrogen and oxygen atoms in total. The van der Waals surface area contributed by atoms with E-state index < -0.39 is 0 Å². The molecule has 1 N–H and O–H groups in total. The molecule has 134 valence electrons. The summed E-state index contributed by atoms with van der Waals surface area (Å²) in [6, 6.07) is 17.4. The van der Waals surface area contributed by atoms with Crippen molar-refractivity contribution in [2.75, 3.05) is 0 Å². The molecule has 4 aromatic rings. The molecule has 3 aromatic carbocycles. The summed E-state index contributed by atoms with van der Waals surface area (Å²) in [6.45, 7) is 1.97. The van der Waals surface area contributed by atoms with Crippen molar-refractivity contribution in [3.05, 3.63) is 73.8 Å². The number of aromatic nitrogens is 1. The van der Waals surface area contributed by atoms with Crippen LogP contribution in [0.3, 0.4) is 0 Å². The monoisotopic (exact) mass is 532 g/mol. The summed E-state index contributed by atoms with van der Waals surface area (Å²) in [6.07, 6.45) is 1.65. The van der Waals surface area contributed by atoms with E-state index in [0.29, 0.717) is 21.5 Å². The fourth-order valence-corrected chi connectivity index (χ4v) is 3.88. The quantitative estimate of drug-likeness (QED) is 0.238. The third-order valence-electron chi connectivity index (χ3n) is 4.03. The van der Waals surface area contributed by atoms with Crippen LogP contribution in [-0.2, 0) is 0 Å². The minimum Gasteiger partial charge on any atom is -0.506 e. The molecule has 0 aliphatic heterocycles. The van der Waals surface area contributed by atoms with E-state index >= 15 is 0 Å². The number of rotatable bonds is 3. The molecule has 0 aliphatic rings. The highest BCUT2D eigenvalue weighted by atomic mass is 127. The van der Waals surface area contributed by atoms with Crippen LogP contribution in [0.5, 0.6) is 5.75 Å². The molecule has 0 bridgehead atoms. The molecule has 1 aromatic heterocycles.